The van der Waals surface area contributed by atoms with Gasteiger partial charge in [0.2, 0.25) is 5.76 Å². The molecule has 0 spiro atoms. The van der Waals surface area contributed by atoms with Crippen LogP contribution in [-0.2, 0) is 13.0 Å². The molecule has 1 unspecified atom stereocenters. The van der Waals surface area contributed by atoms with Crippen molar-refractivity contribution in [1.82, 2.24) is 19.9 Å². The Hall–Kier alpha value is -3.22. The second-order valence-corrected chi connectivity index (χ2v) is 8.86. The molecule has 5 rings (SSSR count). The number of likely N-dealkylation sites (tertiary alicyclic amines) is 1. The molecule has 4 heterocycles. The zero-order valence-corrected chi connectivity index (χ0v) is 19.0. The Morgan fingerprint density at radius 1 is 1.06 bits per heavy atom. The van der Waals surface area contributed by atoms with Gasteiger partial charge in [-0.25, -0.2) is 15.0 Å². The summed E-state index contributed by atoms with van der Waals surface area (Å²) in [4.78, 5) is 31.4. The van der Waals surface area contributed by atoms with Crippen LogP contribution in [-0.4, -0.2) is 45.4 Å². The maximum atomic E-state index is 13.0. The fraction of sp³-hybridized carbons (Fsp3) is 0.440. The van der Waals surface area contributed by atoms with E-state index in [4.69, 9.17) is 14.4 Å². The van der Waals surface area contributed by atoms with E-state index in [9.17, 15) is 4.79 Å². The van der Waals surface area contributed by atoms with Crippen molar-refractivity contribution in [2.45, 2.75) is 52.5 Å². The lowest BCUT2D eigenvalue weighted by Gasteiger charge is -2.31. The van der Waals surface area contributed by atoms with Gasteiger partial charge in [0.05, 0.1) is 5.69 Å². The normalized spacial score (nSPS) is 18.2. The summed E-state index contributed by atoms with van der Waals surface area (Å²) in [5.41, 5.74) is 4.26. The minimum Gasteiger partial charge on any atom is -0.436 e. The number of carbonyl (C=O) groups is 1. The van der Waals surface area contributed by atoms with Crippen molar-refractivity contribution in [3.8, 4) is 0 Å². The average molecular weight is 432 g/mol. The molecule has 2 aliphatic rings. The third-order valence-corrected chi connectivity index (χ3v) is 6.52. The third kappa shape index (κ3) is 3.87. The zero-order chi connectivity index (χ0) is 22.2. The maximum absolute atomic E-state index is 13.0. The number of fused-ring (bicyclic) bond motifs is 1. The highest BCUT2D eigenvalue weighted by molar-refractivity contribution is 5.92. The fourth-order valence-corrected chi connectivity index (χ4v) is 4.88. The summed E-state index contributed by atoms with van der Waals surface area (Å²) in [5, 5.41) is 0. The van der Waals surface area contributed by atoms with Gasteiger partial charge in [0.1, 0.15) is 11.6 Å². The zero-order valence-electron chi connectivity index (χ0n) is 19.0. The lowest BCUT2D eigenvalue weighted by Crippen LogP contribution is -2.32. The molecule has 3 aromatic rings. The smallest absolute Gasteiger partial charge is 0.291 e. The second kappa shape index (κ2) is 8.37. The highest BCUT2D eigenvalue weighted by atomic mass is 16.4. The van der Waals surface area contributed by atoms with Crippen molar-refractivity contribution < 1.29 is 9.21 Å². The van der Waals surface area contributed by atoms with Gasteiger partial charge < -0.3 is 14.2 Å². The number of anilines is 1. The molecule has 0 N–H and O–H groups in total. The number of hydrogen-bond donors (Lipinski definition) is 0. The molecule has 1 amide bonds. The van der Waals surface area contributed by atoms with Crippen molar-refractivity contribution in [2.75, 3.05) is 24.5 Å². The molecule has 7 nitrogen and oxygen atoms in total. The largest absolute Gasteiger partial charge is 0.436 e. The van der Waals surface area contributed by atoms with Crippen molar-refractivity contribution in [3.05, 3.63) is 70.3 Å². The molecule has 32 heavy (non-hydrogen) atoms. The van der Waals surface area contributed by atoms with Gasteiger partial charge in [0, 0.05) is 50.3 Å². The Labute approximate surface area is 188 Å². The van der Waals surface area contributed by atoms with Gasteiger partial charge in [0.15, 0.2) is 5.89 Å². The van der Waals surface area contributed by atoms with E-state index in [2.05, 4.69) is 41.1 Å². The van der Waals surface area contributed by atoms with Gasteiger partial charge in [-0.05, 0) is 38.7 Å². The molecule has 1 fully saturated rings. The summed E-state index contributed by atoms with van der Waals surface area (Å²) in [6.07, 6.45) is 2.99. The Balaban J connectivity index is 1.38. The first-order valence-corrected chi connectivity index (χ1v) is 11.4. The van der Waals surface area contributed by atoms with Gasteiger partial charge in [-0.1, -0.05) is 30.3 Å². The summed E-state index contributed by atoms with van der Waals surface area (Å²) >= 11 is 0. The van der Waals surface area contributed by atoms with Crippen molar-refractivity contribution >= 4 is 11.7 Å². The number of rotatable bonds is 4. The van der Waals surface area contributed by atoms with E-state index in [0.29, 0.717) is 30.4 Å². The fourth-order valence-electron chi connectivity index (χ4n) is 4.88. The molecule has 0 aliphatic carbocycles. The van der Waals surface area contributed by atoms with Gasteiger partial charge in [0.25, 0.3) is 5.91 Å². The van der Waals surface area contributed by atoms with Crippen molar-refractivity contribution in [2.24, 2.45) is 0 Å². The Kier molecular flexibility index (Phi) is 5.41. The quantitative estimate of drug-likeness (QED) is 0.622. The minimum atomic E-state index is -0.0917. The molecule has 166 valence electrons. The first-order valence-electron chi connectivity index (χ1n) is 11.4. The SMILES string of the molecule is Cc1nc(C)c(C(=O)N2CCC(c3nc(C)c4c(n3)N(Cc3ccccc3)CCC4)C2)o1. The Bertz CT molecular complexity index is 1140. The summed E-state index contributed by atoms with van der Waals surface area (Å²) in [5.74, 6) is 2.82. The molecule has 7 heteroatoms. The number of carbonyl (C=O) groups excluding carboxylic acids is 1. The number of aryl methyl sites for hydroxylation is 3. The standard InChI is InChI=1S/C25H29N5O2/c1-16-21-10-7-12-29(14-19-8-5-4-6-9-19)24(21)28-23(27-16)20-11-13-30(15-20)25(31)22-17(2)26-18(3)32-22/h4-6,8-9,20H,7,10-15H2,1-3H3. The van der Waals surface area contributed by atoms with Crippen LogP contribution >= 0.6 is 0 Å². The number of benzene rings is 1. The topological polar surface area (TPSA) is 75.4 Å². The molecule has 0 bridgehead atoms. The highest BCUT2D eigenvalue weighted by Crippen LogP contribution is 2.33. The van der Waals surface area contributed by atoms with Crippen LogP contribution in [0, 0.1) is 20.8 Å². The molecule has 1 atom stereocenters. The first-order chi connectivity index (χ1) is 15.5. The number of amides is 1. The predicted octanol–water partition coefficient (Wildman–Crippen LogP) is 3.97. The van der Waals surface area contributed by atoms with E-state index in [1.807, 2.05) is 17.9 Å². The van der Waals surface area contributed by atoms with Crippen LogP contribution in [0.2, 0.25) is 0 Å². The van der Waals surface area contributed by atoms with Crippen LogP contribution in [0.5, 0.6) is 0 Å². The second-order valence-electron chi connectivity index (χ2n) is 8.86. The average Bonchev–Trinajstić information content (AvgIpc) is 3.41. The summed E-state index contributed by atoms with van der Waals surface area (Å²) in [6.45, 7) is 8.80. The van der Waals surface area contributed by atoms with E-state index in [1.54, 1.807) is 6.92 Å². The van der Waals surface area contributed by atoms with Crippen LogP contribution < -0.4 is 4.90 Å². The molecule has 0 radical (unpaired) electrons. The van der Waals surface area contributed by atoms with E-state index in [-0.39, 0.29) is 11.8 Å². The first kappa shape index (κ1) is 20.7. The summed E-state index contributed by atoms with van der Waals surface area (Å²) in [6, 6.07) is 10.5. The Morgan fingerprint density at radius 3 is 2.62 bits per heavy atom. The predicted molar refractivity (Wildman–Crippen MR) is 122 cm³/mol. The van der Waals surface area contributed by atoms with E-state index >= 15 is 0 Å². The van der Waals surface area contributed by atoms with Crippen LogP contribution in [0.15, 0.2) is 34.7 Å². The molecular weight excluding hydrogens is 402 g/mol. The van der Waals surface area contributed by atoms with Crippen LogP contribution in [0.3, 0.4) is 0 Å². The molecule has 1 aromatic carbocycles. The van der Waals surface area contributed by atoms with Crippen LogP contribution in [0.4, 0.5) is 5.82 Å². The van der Waals surface area contributed by atoms with Crippen molar-refractivity contribution in [1.29, 1.82) is 0 Å². The van der Waals surface area contributed by atoms with Crippen LogP contribution in [0.25, 0.3) is 0 Å². The molecule has 0 saturated carbocycles. The third-order valence-electron chi connectivity index (χ3n) is 6.52. The summed E-state index contributed by atoms with van der Waals surface area (Å²) < 4.78 is 5.55. The number of hydrogen-bond acceptors (Lipinski definition) is 6. The lowest BCUT2D eigenvalue weighted by molar-refractivity contribution is 0.0756. The monoisotopic (exact) mass is 431 g/mol. The van der Waals surface area contributed by atoms with Gasteiger partial charge >= 0.3 is 0 Å². The minimum absolute atomic E-state index is 0.0917. The molecule has 1 saturated heterocycles. The Morgan fingerprint density at radius 2 is 1.88 bits per heavy atom. The van der Waals surface area contributed by atoms with Gasteiger partial charge in [-0.3, -0.25) is 4.79 Å². The number of nitrogens with zero attached hydrogens (tertiary/aromatic N) is 5. The summed E-state index contributed by atoms with van der Waals surface area (Å²) in [7, 11) is 0. The number of aromatic nitrogens is 3. The van der Waals surface area contributed by atoms with E-state index < -0.39 is 0 Å². The van der Waals surface area contributed by atoms with Crippen molar-refractivity contribution in [3.63, 3.8) is 0 Å². The van der Waals surface area contributed by atoms with Gasteiger partial charge in [-0.2, -0.15) is 0 Å². The lowest BCUT2D eigenvalue weighted by atomic mass is 10.0. The van der Waals surface area contributed by atoms with Crippen LogP contribution in [0.1, 0.15) is 63.5 Å². The molecule has 2 aliphatic heterocycles. The molecular formula is C25H29N5O2. The number of oxazole rings is 1. The van der Waals surface area contributed by atoms with E-state index in [0.717, 1.165) is 49.7 Å². The van der Waals surface area contributed by atoms with E-state index in [1.165, 1.54) is 11.1 Å². The van der Waals surface area contributed by atoms with Gasteiger partial charge in [-0.15, -0.1) is 0 Å². The molecule has 2 aromatic heterocycles. The highest BCUT2D eigenvalue weighted by Gasteiger charge is 2.33. The maximum Gasteiger partial charge on any atom is 0.291 e.